The highest BCUT2D eigenvalue weighted by Gasteiger charge is 2.38. The minimum absolute atomic E-state index is 0.183. The molecule has 1 saturated heterocycles. The van der Waals surface area contributed by atoms with Crippen molar-refractivity contribution in [2.75, 3.05) is 33.0 Å². The normalized spacial score (nSPS) is 30.7. The van der Waals surface area contributed by atoms with Crippen LogP contribution in [0.2, 0.25) is 0 Å². The molecule has 3 unspecified atom stereocenters. The standard InChI is InChI=1S/C15H22N2O2/c1-18-14-8-17(9-15(14)19-2)13-6-3-10-7-11(16)4-5-12(10)13/h4-5,7,13-15H,3,6,8-9,16H2,1-2H3. The van der Waals surface area contributed by atoms with E-state index in [-0.39, 0.29) is 12.2 Å². The summed E-state index contributed by atoms with van der Waals surface area (Å²) in [6.07, 6.45) is 2.66. The zero-order valence-electron chi connectivity index (χ0n) is 11.6. The zero-order chi connectivity index (χ0) is 13.4. The number of methoxy groups -OCH3 is 2. The molecule has 104 valence electrons. The van der Waals surface area contributed by atoms with Crippen molar-refractivity contribution >= 4 is 5.69 Å². The van der Waals surface area contributed by atoms with Crippen LogP contribution in [-0.4, -0.2) is 44.4 Å². The summed E-state index contributed by atoms with van der Waals surface area (Å²) in [4.78, 5) is 2.49. The van der Waals surface area contributed by atoms with Gasteiger partial charge in [-0.25, -0.2) is 0 Å². The molecular formula is C15H22N2O2. The molecule has 3 atom stereocenters. The summed E-state index contributed by atoms with van der Waals surface area (Å²) in [5.74, 6) is 0. The van der Waals surface area contributed by atoms with E-state index in [2.05, 4.69) is 17.0 Å². The van der Waals surface area contributed by atoms with E-state index in [0.29, 0.717) is 6.04 Å². The third-order valence-electron chi connectivity index (χ3n) is 4.50. The Hall–Kier alpha value is -1.10. The fourth-order valence-corrected chi connectivity index (χ4v) is 3.47. The molecule has 4 nitrogen and oxygen atoms in total. The summed E-state index contributed by atoms with van der Waals surface area (Å²) >= 11 is 0. The molecule has 19 heavy (non-hydrogen) atoms. The molecule has 2 N–H and O–H groups in total. The number of hydrogen-bond acceptors (Lipinski definition) is 4. The van der Waals surface area contributed by atoms with Gasteiger partial charge in [-0.3, -0.25) is 4.90 Å². The highest BCUT2D eigenvalue weighted by Crippen LogP contribution is 2.38. The summed E-state index contributed by atoms with van der Waals surface area (Å²) in [5.41, 5.74) is 9.56. The number of nitrogens with zero attached hydrogens (tertiary/aromatic N) is 1. The van der Waals surface area contributed by atoms with Gasteiger partial charge in [0.05, 0.1) is 12.2 Å². The van der Waals surface area contributed by atoms with Crippen molar-refractivity contribution in [2.45, 2.75) is 31.1 Å². The average Bonchev–Trinajstić information content (AvgIpc) is 3.00. The highest BCUT2D eigenvalue weighted by atomic mass is 16.5. The van der Waals surface area contributed by atoms with E-state index in [1.165, 1.54) is 17.5 Å². The fourth-order valence-electron chi connectivity index (χ4n) is 3.47. The summed E-state index contributed by atoms with van der Waals surface area (Å²) < 4.78 is 11.0. The number of likely N-dealkylation sites (tertiary alicyclic amines) is 1. The second kappa shape index (κ2) is 5.12. The number of ether oxygens (including phenoxy) is 2. The van der Waals surface area contributed by atoms with Crippen molar-refractivity contribution < 1.29 is 9.47 Å². The van der Waals surface area contributed by atoms with Crippen molar-refractivity contribution in [3.8, 4) is 0 Å². The van der Waals surface area contributed by atoms with E-state index in [1.54, 1.807) is 14.2 Å². The van der Waals surface area contributed by atoms with Gasteiger partial charge >= 0.3 is 0 Å². The van der Waals surface area contributed by atoms with Gasteiger partial charge in [0.1, 0.15) is 0 Å². The maximum absolute atomic E-state index is 5.86. The fraction of sp³-hybridized carbons (Fsp3) is 0.600. The Morgan fingerprint density at radius 1 is 1.16 bits per heavy atom. The maximum atomic E-state index is 5.86. The summed E-state index contributed by atoms with van der Waals surface area (Å²) in [5, 5.41) is 0. The Morgan fingerprint density at radius 2 is 1.84 bits per heavy atom. The van der Waals surface area contributed by atoms with Crippen LogP contribution < -0.4 is 5.73 Å². The largest absolute Gasteiger partial charge is 0.399 e. The van der Waals surface area contributed by atoms with Crippen LogP contribution in [0.15, 0.2) is 18.2 Å². The van der Waals surface area contributed by atoms with Crippen molar-refractivity contribution in [1.82, 2.24) is 4.90 Å². The molecule has 2 aliphatic rings. The van der Waals surface area contributed by atoms with Gasteiger partial charge in [0, 0.05) is 39.0 Å². The lowest BCUT2D eigenvalue weighted by Gasteiger charge is -2.24. The summed E-state index contributed by atoms with van der Waals surface area (Å²) in [6, 6.07) is 6.81. The quantitative estimate of drug-likeness (QED) is 0.841. The van der Waals surface area contributed by atoms with Crippen LogP contribution in [0.5, 0.6) is 0 Å². The minimum atomic E-state index is 0.183. The van der Waals surface area contributed by atoms with Gasteiger partial charge in [-0.15, -0.1) is 0 Å². The van der Waals surface area contributed by atoms with Gasteiger partial charge in [0.15, 0.2) is 0 Å². The molecule has 0 aromatic heterocycles. The first-order valence-corrected chi connectivity index (χ1v) is 6.91. The Morgan fingerprint density at radius 3 is 2.47 bits per heavy atom. The molecule has 1 aliphatic heterocycles. The third-order valence-corrected chi connectivity index (χ3v) is 4.50. The molecule has 4 heteroatoms. The van der Waals surface area contributed by atoms with Crippen molar-refractivity contribution in [3.63, 3.8) is 0 Å². The predicted octanol–water partition coefficient (Wildman–Crippen LogP) is 1.60. The average molecular weight is 262 g/mol. The lowest BCUT2D eigenvalue weighted by molar-refractivity contribution is -0.00461. The smallest absolute Gasteiger partial charge is 0.0972 e. The molecule has 1 aromatic carbocycles. The van der Waals surface area contributed by atoms with Gasteiger partial charge in [0.2, 0.25) is 0 Å². The van der Waals surface area contributed by atoms with Crippen LogP contribution in [0.25, 0.3) is 0 Å². The molecule has 1 fully saturated rings. The minimum Gasteiger partial charge on any atom is -0.399 e. The van der Waals surface area contributed by atoms with E-state index in [9.17, 15) is 0 Å². The molecule has 0 radical (unpaired) electrons. The van der Waals surface area contributed by atoms with Crippen molar-refractivity contribution in [1.29, 1.82) is 0 Å². The molecule has 1 aromatic rings. The number of anilines is 1. The SMILES string of the molecule is COC1CN(C2CCc3cc(N)ccc32)CC1OC. The topological polar surface area (TPSA) is 47.7 Å². The van der Waals surface area contributed by atoms with Crippen LogP contribution in [0.4, 0.5) is 5.69 Å². The Kier molecular flexibility index (Phi) is 3.48. The Labute approximate surface area is 114 Å². The molecule has 1 heterocycles. The molecule has 0 bridgehead atoms. The van der Waals surface area contributed by atoms with Crippen LogP contribution in [-0.2, 0) is 15.9 Å². The number of fused-ring (bicyclic) bond motifs is 1. The molecule has 0 saturated carbocycles. The van der Waals surface area contributed by atoms with Gasteiger partial charge in [0.25, 0.3) is 0 Å². The number of rotatable bonds is 3. The number of nitrogens with two attached hydrogens (primary N) is 1. The zero-order valence-corrected chi connectivity index (χ0v) is 11.6. The highest BCUT2D eigenvalue weighted by molar-refractivity contribution is 5.47. The number of hydrogen-bond donors (Lipinski definition) is 1. The Bertz CT molecular complexity index is 451. The molecule has 0 spiro atoms. The van der Waals surface area contributed by atoms with Crippen LogP contribution >= 0.6 is 0 Å². The van der Waals surface area contributed by atoms with E-state index >= 15 is 0 Å². The number of aryl methyl sites for hydroxylation is 1. The monoisotopic (exact) mass is 262 g/mol. The lowest BCUT2D eigenvalue weighted by Crippen LogP contribution is -2.27. The second-order valence-corrected chi connectivity index (χ2v) is 5.51. The summed E-state index contributed by atoms with van der Waals surface area (Å²) in [6.45, 7) is 1.90. The Balaban J connectivity index is 1.79. The van der Waals surface area contributed by atoms with Gasteiger partial charge in [-0.1, -0.05) is 6.07 Å². The van der Waals surface area contributed by atoms with Gasteiger partial charge in [-0.05, 0) is 36.1 Å². The number of nitrogen functional groups attached to an aromatic ring is 1. The van der Waals surface area contributed by atoms with Crippen LogP contribution in [0.3, 0.4) is 0 Å². The first-order chi connectivity index (χ1) is 9.22. The van der Waals surface area contributed by atoms with E-state index < -0.39 is 0 Å². The molecular weight excluding hydrogens is 240 g/mol. The van der Waals surface area contributed by atoms with Gasteiger partial charge in [-0.2, -0.15) is 0 Å². The van der Waals surface area contributed by atoms with E-state index in [4.69, 9.17) is 15.2 Å². The van der Waals surface area contributed by atoms with E-state index in [0.717, 1.165) is 25.2 Å². The van der Waals surface area contributed by atoms with Gasteiger partial charge < -0.3 is 15.2 Å². The van der Waals surface area contributed by atoms with E-state index in [1.807, 2.05) is 6.07 Å². The molecule has 3 rings (SSSR count). The third kappa shape index (κ3) is 2.24. The number of benzene rings is 1. The van der Waals surface area contributed by atoms with Crippen LogP contribution in [0, 0.1) is 0 Å². The predicted molar refractivity (Wildman–Crippen MR) is 75.1 cm³/mol. The molecule has 1 aliphatic carbocycles. The van der Waals surface area contributed by atoms with Crippen LogP contribution in [0.1, 0.15) is 23.6 Å². The molecule has 0 amide bonds. The first kappa shape index (κ1) is 12.9. The first-order valence-electron chi connectivity index (χ1n) is 6.91. The van der Waals surface area contributed by atoms with Crippen molar-refractivity contribution in [2.24, 2.45) is 0 Å². The second-order valence-electron chi connectivity index (χ2n) is 5.51. The summed E-state index contributed by atoms with van der Waals surface area (Å²) in [7, 11) is 3.53. The van der Waals surface area contributed by atoms with Crippen molar-refractivity contribution in [3.05, 3.63) is 29.3 Å². The lowest BCUT2D eigenvalue weighted by atomic mass is 10.1. The maximum Gasteiger partial charge on any atom is 0.0972 e.